The van der Waals surface area contributed by atoms with Gasteiger partial charge in [0.25, 0.3) is 0 Å². The van der Waals surface area contributed by atoms with Crippen molar-refractivity contribution < 1.29 is 0 Å². The van der Waals surface area contributed by atoms with Crippen molar-refractivity contribution >= 4 is 11.6 Å². The van der Waals surface area contributed by atoms with Crippen molar-refractivity contribution in [3.63, 3.8) is 0 Å². The minimum atomic E-state index is 0.486. The van der Waals surface area contributed by atoms with Crippen LogP contribution in [0.1, 0.15) is 12.5 Å². The Morgan fingerprint density at radius 2 is 2.16 bits per heavy atom. The van der Waals surface area contributed by atoms with Gasteiger partial charge in [0.2, 0.25) is 0 Å². The standard InChI is InChI=1S/C15H22N4/c1-12(11-17-15-16-8-10-18(15)2)19-9-7-13-5-3-4-6-14(13)19/h3-6,12H,7-11H2,1-2H3,(H,16,17). The number of benzene rings is 1. The summed E-state index contributed by atoms with van der Waals surface area (Å²) in [6.45, 7) is 6.30. The lowest BCUT2D eigenvalue weighted by Crippen LogP contribution is -2.44. The molecular formula is C15H22N4. The first-order valence-corrected chi connectivity index (χ1v) is 7.09. The highest BCUT2D eigenvalue weighted by atomic mass is 15.3. The van der Waals surface area contributed by atoms with Crippen molar-refractivity contribution in [3.8, 4) is 0 Å². The van der Waals surface area contributed by atoms with Gasteiger partial charge in [0.15, 0.2) is 5.96 Å². The van der Waals surface area contributed by atoms with Gasteiger partial charge in [-0.25, -0.2) is 0 Å². The lowest BCUT2D eigenvalue weighted by atomic mass is 10.2. The van der Waals surface area contributed by atoms with Crippen molar-refractivity contribution in [2.75, 3.05) is 38.1 Å². The highest BCUT2D eigenvalue weighted by Gasteiger charge is 2.23. The summed E-state index contributed by atoms with van der Waals surface area (Å²) >= 11 is 0. The van der Waals surface area contributed by atoms with E-state index in [9.17, 15) is 0 Å². The molecule has 0 amide bonds. The Bertz CT molecular complexity index is 483. The number of rotatable bonds is 3. The zero-order valence-corrected chi connectivity index (χ0v) is 11.8. The molecule has 2 aliphatic rings. The fraction of sp³-hybridized carbons (Fsp3) is 0.533. The number of hydrogen-bond acceptors (Lipinski definition) is 4. The van der Waals surface area contributed by atoms with Crippen LogP contribution >= 0.6 is 0 Å². The fourth-order valence-corrected chi connectivity index (χ4v) is 2.89. The molecule has 1 aromatic rings. The Hall–Kier alpha value is -1.71. The average Bonchev–Trinajstić information content (AvgIpc) is 3.02. The van der Waals surface area contributed by atoms with E-state index in [-0.39, 0.29) is 0 Å². The van der Waals surface area contributed by atoms with Crippen LogP contribution in [0.3, 0.4) is 0 Å². The Morgan fingerprint density at radius 3 is 2.95 bits per heavy atom. The van der Waals surface area contributed by atoms with E-state index >= 15 is 0 Å². The van der Waals surface area contributed by atoms with E-state index in [1.165, 1.54) is 17.7 Å². The smallest absolute Gasteiger partial charge is 0.193 e. The predicted octanol–water partition coefficient (Wildman–Crippen LogP) is 1.33. The Morgan fingerprint density at radius 1 is 1.32 bits per heavy atom. The summed E-state index contributed by atoms with van der Waals surface area (Å²) < 4.78 is 0. The molecule has 1 atom stereocenters. The summed E-state index contributed by atoms with van der Waals surface area (Å²) in [5.74, 6) is 1.04. The molecule has 0 saturated heterocycles. The number of nitrogens with one attached hydrogen (secondary N) is 1. The third kappa shape index (κ3) is 2.39. The van der Waals surface area contributed by atoms with Gasteiger partial charge in [-0.2, -0.15) is 0 Å². The van der Waals surface area contributed by atoms with Crippen LogP contribution in [0, 0.1) is 0 Å². The van der Waals surface area contributed by atoms with Crippen LogP contribution in [0.5, 0.6) is 0 Å². The molecule has 2 heterocycles. The molecule has 102 valence electrons. The molecule has 1 N–H and O–H groups in total. The van der Waals surface area contributed by atoms with Crippen molar-refractivity contribution in [2.45, 2.75) is 19.4 Å². The minimum Gasteiger partial charge on any atom is -0.366 e. The summed E-state index contributed by atoms with van der Waals surface area (Å²) in [4.78, 5) is 9.16. The summed E-state index contributed by atoms with van der Waals surface area (Å²) in [7, 11) is 2.09. The van der Waals surface area contributed by atoms with Crippen molar-refractivity contribution in [3.05, 3.63) is 29.8 Å². The molecule has 0 aromatic heterocycles. The summed E-state index contributed by atoms with van der Waals surface area (Å²) in [5.41, 5.74) is 2.88. The normalized spacial score (nSPS) is 19.4. The molecule has 19 heavy (non-hydrogen) atoms. The van der Waals surface area contributed by atoms with E-state index in [4.69, 9.17) is 0 Å². The Balaban J connectivity index is 1.61. The van der Waals surface area contributed by atoms with Gasteiger partial charge in [-0.1, -0.05) is 18.2 Å². The highest BCUT2D eigenvalue weighted by Crippen LogP contribution is 2.28. The maximum Gasteiger partial charge on any atom is 0.193 e. The topological polar surface area (TPSA) is 30.9 Å². The SMILES string of the molecule is CC(CNC1=NCCN1C)N1CCc2ccccc21. The molecule has 2 aliphatic heterocycles. The monoisotopic (exact) mass is 258 g/mol. The van der Waals surface area contributed by atoms with Crippen LogP contribution in [-0.4, -0.2) is 50.1 Å². The van der Waals surface area contributed by atoms with Crippen LogP contribution in [0.4, 0.5) is 5.69 Å². The van der Waals surface area contributed by atoms with Crippen LogP contribution < -0.4 is 10.2 Å². The predicted molar refractivity (Wildman–Crippen MR) is 79.9 cm³/mol. The number of nitrogens with zero attached hydrogens (tertiary/aromatic N) is 3. The molecule has 0 aliphatic carbocycles. The quantitative estimate of drug-likeness (QED) is 0.887. The maximum absolute atomic E-state index is 4.47. The molecule has 0 saturated carbocycles. The van der Waals surface area contributed by atoms with Crippen LogP contribution in [0.2, 0.25) is 0 Å². The maximum atomic E-state index is 4.47. The zero-order chi connectivity index (χ0) is 13.2. The highest BCUT2D eigenvalue weighted by molar-refractivity contribution is 5.81. The first-order valence-electron chi connectivity index (χ1n) is 7.09. The van der Waals surface area contributed by atoms with Gasteiger partial charge in [-0.15, -0.1) is 0 Å². The van der Waals surface area contributed by atoms with Gasteiger partial charge in [0.1, 0.15) is 0 Å². The summed E-state index contributed by atoms with van der Waals surface area (Å²) in [6.07, 6.45) is 1.17. The number of para-hydroxylation sites is 1. The second-order valence-electron chi connectivity index (χ2n) is 5.43. The van der Waals surface area contributed by atoms with Gasteiger partial charge in [-0.3, -0.25) is 4.99 Å². The number of guanidine groups is 1. The molecule has 0 fully saturated rings. The molecular weight excluding hydrogens is 236 g/mol. The fourth-order valence-electron chi connectivity index (χ4n) is 2.89. The Kier molecular flexibility index (Phi) is 3.32. The van der Waals surface area contributed by atoms with Gasteiger partial charge >= 0.3 is 0 Å². The van der Waals surface area contributed by atoms with E-state index in [1.54, 1.807) is 0 Å². The molecule has 1 aromatic carbocycles. The molecule has 1 unspecified atom stereocenters. The van der Waals surface area contributed by atoms with Gasteiger partial charge < -0.3 is 15.1 Å². The van der Waals surface area contributed by atoms with Gasteiger partial charge in [-0.05, 0) is 25.0 Å². The van der Waals surface area contributed by atoms with E-state index < -0.39 is 0 Å². The van der Waals surface area contributed by atoms with E-state index in [1.807, 2.05) is 0 Å². The first kappa shape index (κ1) is 12.3. The molecule has 4 heteroatoms. The number of anilines is 1. The number of aliphatic imine (C=N–C) groups is 1. The van der Waals surface area contributed by atoms with E-state index in [0.717, 1.165) is 32.1 Å². The molecule has 0 bridgehead atoms. The lowest BCUT2D eigenvalue weighted by molar-refractivity contribution is 0.524. The van der Waals surface area contributed by atoms with Gasteiger partial charge in [0.05, 0.1) is 6.54 Å². The van der Waals surface area contributed by atoms with Crippen LogP contribution in [0.25, 0.3) is 0 Å². The number of likely N-dealkylation sites (N-methyl/N-ethyl adjacent to an activating group) is 1. The molecule has 0 spiro atoms. The number of fused-ring (bicyclic) bond motifs is 1. The third-order valence-corrected chi connectivity index (χ3v) is 4.07. The second kappa shape index (κ2) is 5.11. The molecule has 3 rings (SSSR count). The molecule has 0 radical (unpaired) electrons. The minimum absolute atomic E-state index is 0.486. The average molecular weight is 258 g/mol. The number of hydrogen-bond donors (Lipinski definition) is 1. The largest absolute Gasteiger partial charge is 0.366 e. The summed E-state index contributed by atoms with van der Waals surface area (Å²) in [5, 5.41) is 3.47. The lowest BCUT2D eigenvalue weighted by Gasteiger charge is -2.28. The van der Waals surface area contributed by atoms with Crippen molar-refractivity contribution in [2.24, 2.45) is 4.99 Å². The van der Waals surface area contributed by atoms with Gasteiger partial charge in [0, 0.05) is 38.4 Å². The Labute approximate surface area is 115 Å². The zero-order valence-electron chi connectivity index (χ0n) is 11.8. The second-order valence-corrected chi connectivity index (χ2v) is 5.43. The third-order valence-electron chi connectivity index (χ3n) is 4.07. The molecule has 4 nitrogen and oxygen atoms in total. The van der Waals surface area contributed by atoms with E-state index in [0.29, 0.717) is 6.04 Å². The van der Waals surface area contributed by atoms with Crippen molar-refractivity contribution in [1.82, 2.24) is 10.2 Å². The van der Waals surface area contributed by atoms with Crippen LogP contribution in [0.15, 0.2) is 29.3 Å². The van der Waals surface area contributed by atoms with Crippen molar-refractivity contribution in [1.29, 1.82) is 0 Å². The van der Waals surface area contributed by atoms with E-state index in [2.05, 4.69) is 58.3 Å². The van der Waals surface area contributed by atoms with Crippen LogP contribution in [-0.2, 0) is 6.42 Å². The summed E-state index contributed by atoms with van der Waals surface area (Å²) in [6, 6.07) is 9.22. The first-order chi connectivity index (χ1) is 9.25.